The van der Waals surface area contributed by atoms with E-state index in [0.717, 1.165) is 27.8 Å². The van der Waals surface area contributed by atoms with Crippen LogP contribution in [0.3, 0.4) is 0 Å². The van der Waals surface area contributed by atoms with Gasteiger partial charge in [-0.3, -0.25) is 4.90 Å². The molecule has 4 nitrogen and oxygen atoms in total. The predicted octanol–water partition coefficient (Wildman–Crippen LogP) is 5.66. The van der Waals surface area contributed by atoms with E-state index in [1.54, 1.807) is 4.90 Å². The monoisotopic (exact) mass is 417 g/mol. The number of ether oxygens (including phenoxy) is 1. The fourth-order valence-electron chi connectivity index (χ4n) is 3.35. The van der Waals surface area contributed by atoms with E-state index >= 15 is 0 Å². The summed E-state index contributed by atoms with van der Waals surface area (Å²) in [5, 5.41) is 9.56. The summed E-state index contributed by atoms with van der Waals surface area (Å²) < 4.78 is 6.79. The van der Waals surface area contributed by atoms with Gasteiger partial charge in [0.15, 0.2) is 0 Å². The van der Waals surface area contributed by atoms with Gasteiger partial charge in [0.2, 0.25) is 0 Å². The van der Waals surface area contributed by atoms with Crippen LogP contribution in [0.15, 0.2) is 53.0 Å². The normalized spacial score (nSPS) is 19.1. The SMILES string of the molecule is CC(C)(C)N(C(=O)O)[C@@H]1C[C@H]1c1ccc(OCc2ccccc2)c(Br)c1. The van der Waals surface area contributed by atoms with Gasteiger partial charge in [-0.2, -0.15) is 0 Å². The van der Waals surface area contributed by atoms with Crippen molar-refractivity contribution in [1.29, 1.82) is 0 Å². The number of carboxylic acid groups (broad SMARTS) is 1. The Bertz CT molecular complexity index is 786. The van der Waals surface area contributed by atoms with Gasteiger partial charge >= 0.3 is 6.09 Å². The van der Waals surface area contributed by atoms with Crippen molar-refractivity contribution in [2.45, 2.75) is 51.3 Å². The van der Waals surface area contributed by atoms with Crippen molar-refractivity contribution in [3.05, 3.63) is 64.1 Å². The van der Waals surface area contributed by atoms with Crippen molar-refractivity contribution >= 4 is 22.0 Å². The number of nitrogens with zero attached hydrogens (tertiary/aromatic N) is 1. The Morgan fingerprint density at radius 1 is 1.23 bits per heavy atom. The van der Waals surface area contributed by atoms with E-state index in [-0.39, 0.29) is 12.0 Å². The quantitative estimate of drug-likeness (QED) is 0.682. The highest BCUT2D eigenvalue weighted by Crippen LogP contribution is 2.48. The van der Waals surface area contributed by atoms with E-state index in [2.05, 4.69) is 15.9 Å². The number of halogens is 1. The van der Waals surface area contributed by atoms with Crippen LogP contribution in [0.25, 0.3) is 0 Å². The zero-order valence-electron chi connectivity index (χ0n) is 15.3. The number of amides is 1. The Labute approximate surface area is 162 Å². The van der Waals surface area contributed by atoms with Gasteiger partial charge in [-0.05, 0) is 66.4 Å². The highest BCUT2D eigenvalue weighted by molar-refractivity contribution is 9.10. The van der Waals surface area contributed by atoms with Crippen molar-refractivity contribution in [3.63, 3.8) is 0 Å². The molecule has 0 aliphatic heterocycles. The third-order valence-corrected chi connectivity index (χ3v) is 5.26. The first-order chi connectivity index (χ1) is 12.3. The van der Waals surface area contributed by atoms with Crippen LogP contribution in [0.4, 0.5) is 4.79 Å². The molecule has 1 amide bonds. The van der Waals surface area contributed by atoms with Gasteiger partial charge in [0.1, 0.15) is 12.4 Å². The minimum Gasteiger partial charge on any atom is -0.488 e. The summed E-state index contributed by atoms with van der Waals surface area (Å²) in [5.74, 6) is 1.03. The highest BCUT2D eigenvalue weighted by Gasteiger charge is 2.48. The molecule has 0 saturated heterocycles. The molecule has 2 aromatic carbocycles. The van der Waals surface area contributed by atoms with Crippen molar-refractivity contribution in [2.24, 2.45) is 0 Å². The van der Waals surface area contributed by atoms with Crippen LogP contribution in [0.5, 0.6) is 5.75 Å². The van der Waals surface area contributed by atoms with E-state index < -0.39 is 11.6 Å². The minimum absolute atomic E-state index is 0.0375. The number of carbonyl (C=O) groups is 1. The van der Waals surface area contributed by atoms with Crippen LogP contribution in [-0.2, 0) is 6.61 Å². The van der Waals surface area contributed by atoms with Gasteiger partial charge in [-0.1, -0.05) is 36.4 Å². The van der Waals surface area contributed by atoms with Crippen LogP contribution in [0, 0.1) is 0 Å². The average molecular weight is 418 g/mol. The maximum atomic E-state index is 11.6. The molecule has 0 radical (unpaired) electrons. The first-order valence-electron chi connectivity index (χ1n) is 8.76. The summed E-state index contributed by atoms with van der Waals surface area (Å²) in [7, 11) is 0. The fraction of sp³-hybridized carbons (Fsp3) is 0.381. The number of hydrogen-bond donors (Lipinski definition) is 1. The van der Waals surface area contributed by atoms with Crippen molar-refractivity contribution in [1.82, 2.24) is 4.90 Å². The largest absolute Gasteiger partial charge is 0.488 e. The first-order valence-corrected chi connectivity index (χ1v) is 9.55. The van der Waals surface area contributed by atoms with Crippen LogP contribution < -0.4 is 4.74 Å². The predicted molar refractivity (Wildman–Crippen MR) is 106 cm³/mol. The van der Waals surface area contributed by atoms with E-state index in [0.29, 0.717) is 6.61 Å². The molecule has 1 aliphatic carbocycles. The van der Waals surface area contributed by atoms with Gasteiger partial charge in [-0.25, -0.2) is 4.79 Å². The van der Waals surface area contributed by atoms with Gasteiger partial charge in [-0.15, -0.1) is 0 Å². The van der Waals surface area contributed by atoms with Crippen LogP contribution in [0.1, 0.15) is 44.2 Å². The van der Waals surface area contributed by atoms with Gasteiger partial charge in [0.05, 0.1) is 4.47 Å². The van der Waals surface area contributed by atoms with Gasteiger partial charge < -0.3 is 9.84 Å². The molecule has 1 fully saturated rings. The van der Waals surface area contributed by atoms with Crippen LogP contribution in [-0.4, -0.2) is 27.7 Å². The molecule has 3 rings (SSSR count). The van der Waals surface area contributed by atoms with Gasteiger partial charge in [0.25, 0.3) is 0 Å². The molecule has 0 heterocycles. The molecule has 5 heteroatoms. The Morgan fingerprint density at radius 2 is 1.92 bits per heavy atom. The maximum Gasteiger partial charge on any atom is 0.408 e. The summed E-state index contributed by atoms with van der Waals surface area (Å²) in [4.78, 5) is 13.2. The second kappa shape index (κ2) is 7.31. The molecule has 2 aromatic rings. The molecule has 26 heavy (non-hydrogen) atoms. The molecule has 0 aromatic heterocycles. The molecule has 138 valence electrons. The van der Waals surface area contributed by atoms with E-state index in [4.69, 9.17) is 4.74 Å². The van der Waals surface area contributed by atoms with Gasteiger partial charge in [0, 0.05) is 17.5 Å². The Hall–Kier alpha value is -2.01. The van der Waals surface area contributed by atoms with E-state index in [1.165, 1.54) is 0 Å². The third kappa shape index (κ3) is 4.21. The number of hydrogen-bond acceptors (Lipinski definition) is 2. The smallest absolute Gasteiger partial charge is 0.408 e. The highest BCUT2D eigenvalue weighted by atomic mass is 79.9. The van der Waals surface area contributed by atoms with Crippen molar-refractivity contribution < 1.29 is 14.6 Å². The third-order valence-electron chi connectivity index (χ3n) is 4.64. The van der Waals surface area contributed by atoms with Crippen molar-refractivity contribution in [3.8, 4) is 5.75 Å². The lowest BCUT2D eigenvalue weighted by molar-refractivity contribution is 0.0940. The molecule has 1 aliphatic rings. The average Bonchev–Trinajstić information content (AvgIpc) is 3.33. The zero-order chi connectivity index (χ0) is 18.9. The Kier molecular flexibility index (Phi) is 5.28. The maximum absolute atomic E-state index is 11.6. The molecule has 0 bridgehead atoms. The summed E-state index contributed by atoms with van der Waals surface area (Å²) in [5.41, 5.74) is 1.86. The first kappa shape index (κ1) is 18.8. The molecular weight excluding hydrogens is 394 g/mol. The Balaban J connectivity index is 1.68. The summed E-state index contributed by atoms with van der Waals surface area (Å²) >= 11 is 3.59. The topological polar surface area (TPSA) is 49.8 Å². The zero-order valence-corrected chi connectivity index (χ0v) is 16.9. The lowest BCUT2D eigenvalue weighted by Gasteiger charge is -2.33. The molecule has 1 N–H and O–H groups in total. The lowest BCUT2D eigenvalue weighted by atomic mass is 10.0. The second-order valence-electron chi connectivity index (χ2n) is 7.70. The molecule has 1 saturated carbocycles. The molecule has 0 unspecified atom stereocenters. The van der Waals surface area contributed by atoms with Crippen molar-refractivity contribution in [2.75, 3.05) is 0 Å². The lowest BCUT2D eigenvalue weighted by Crippen LogP contribution is -2.46. The number of benzene rings is 2. The summed E-state index contributed by atoms with van der Waals surface area (Å²) in [6, 6.07) is 16.1. The molecule has 0 spiro atoms. The summed E-state index contributed by atoms with van der Waals surface area (Å²) in [6.07, 6.45) is 0.00660. The summed E-state index contributed by atoms with van der Waals surface area (Å²) in [6.45, 7) is 6.33. The van der Waals surface area contributed by atoms with E-state index in [1.807, 2.05) is 69.3 Å². The second-order valence-corrected chi connectivity index (χ2v) is 8.55. The van der Waals surface area contributed by atoms with Crippen LogP contribution >= 0.6 is 15.9 Å². The standard InChI is InChI=1S/C21H24BrNO3/c1-21(2,3)23(20(24)25)18-12-16(18)15-9-10-19(17(22)11-15)26-13-14-7-5-4-6-8-14/h4-11,16,18H,12-13H2,1-3H3,(H,24,25)/t16-,18+/m0/s1. The molecular formula is C21H24BrNO3. The minimum atomic E-state index is -0.855. The fourth-order valence-corrected chi connectivity index (χ4v) is 3.86. The van der Waals surface area contributed by atoms with E-state index in [9.17, 15) is 9.90 Å². The van der Waals surface area contributed by atoms with Crippen LogP contribution in [0.2, 0.25) is 0 Å². The molecule has 2 atom stereocenters. The number of rotatable bonds is 5. The Morgan fingerprint density at radius 3 is 2.50 bits per heavy atom.